The molecule has 0 aliphatic heterocycles. The molecule has 0 amide bonds. The van der Waals surface area contributed by atoms with Crippen molar-refractivity contribution in [3.8, 4) is 0 Å². The number of unbranched alkanes of at least 4 members (excludes halogenated alkanes) is 11. The molecule has 1 unspecified atom stereocenters. The number of hydrogen-bond donors (Lipinski definition) is 1. The molecule has 0 saturated heterocycles. The van der Waals surface area contributed by atoms with E-state index in [-0.39, 0.29) is 48.0 Å². The van der Waals surface area contributed by atoms with Crippen LogP contribution >= 0.6 is 0 Å². The van der Waals surface area contributed by atoms with Crippen LogP contribution in [0.25, 0.3) is 0 Å². The number of hydrogen-bond acceptors (Lipinski definition) is 4. The summed E-state index contributed by atoms with van der Waals surface area (Å²) in [5, 5.41) is 0. The van der Waals surface area contributed by atoms with E-state index in [1.807, 2.05) is 6.92 Å². The Balaban J connectivity index is 0. The molecule has 6 heteroatoms. The van der Waals surface area contributed by atoms with Gasteiger partial charge < -0.3 is 5.73 Å². The van der Waals surface area contributed by atoms with Crippen LogP contribution in [0.3, 0.4) is 0 Å². The van der Waals surface area contributed by atoms with E-state index >= 15 is 0 Å². The fraction of sp³-hybridized carbons (Fsp3) is 0.905. The summed E-state index contributed by atoms with van der Waals surface area (Å²) in [6.07, 6.45) is 21.8. The fourth-order valence-corrected chi connectivity index (χ4v) is 3.98. The molecule has 1 atom stereocenters. The van der Waals surface area contributed by atoms with E-state index in [0.29, 0.717) is 0 Å². The van der Waals surface area contributed by atoms with Gasteiger partial charge in [-0.3, -0.25) is 4.18 Å². The molecule has 0 radical (unpaired) electrons. The van der Waals surface area contributed by atoms with E-state index in [0.717, 1.165) is 19.3 Å². The Bertz CT molecular complexity index is 427. The van der Waals surface area contributed by atoms with Gasteiger partial charge in [-0.1, -0.05) is 76.9 Å². The second kappa shape index (κ2) is 21.3. The van der Waals surface area contributed by atoms with Crippen LogP contribution in [-0.4, -0.2) is 56.4 Å². The second-order valence-corrected chi connectivity index (χ2v) is 9.05. The van der Waals surface area contributed by atoms with Crippen molar-refractivity contribution in [2.24, 2.45) is 5.73 Å². The quantitative estimate of drug-likeness (QED) is 0.139. The first-order chi connectivity index (χ1) is 12.5. The van der Waals surface area contributed by atoms with Crippen LogP contribution in [0.15, 0.2) is 12.2 Å². The van der Waals surface area contributed by atoms with Crippen LogP contribution in [0.2, 0.25) is 0 Å². The molecule has 0 aromatic rings. The average Bonchev–Trinajstić information content (AvgIpc) is 2.57. The Morgan fingerprint density at radius 1 is 0.852 bits per heavy atom. The van der Waals surface area contributed by atoms with Gasteiger partial charge in [0.1, 0.15) is 0 Å². The van der Waals surface area contributed by atoms with E-state index in [2.05, 4.69) is 19.1 Å². The molecule has 158 valence electrons. The van der Waals surface area contributed by atoms with Crippen LogP contribution in [-0.2, 0) is 14.3 Å². The Kier molecular flexibility index (Phi) is 23.5. The topological polar surface area (TPSA) is 69.4 Å². The van der Waals surface area contributed by atoms with Crippen molar-refractivity contribution in [3.63, 3.8) is 0 Å². The van der Waals surface area contributed by atoms with Crippen LogP contribution in [0.1, 0.15) is 104 Å². The Hall–Kier alpha value is 0.610. The Morgan fingerprint density at radius 3 is 1.85 bits per heavy atom. The number of nitrogens with two attached hydrogens (primary N) is 1. The molecule has 0 heterocycles. The summed E-state index contributed by atoms with van der Waals surface area (Å²) in [6.45, 7) is 4.19. The van der Waals surface area contributed by atoms with Gasteiger partial charge in [0.15, 0.2) is 0 Å². The summed E-state index contributed by atoms with van der Waals surface area (Å²) >= 11 is 0. The van der Waals surface area contributed by atoms with E-state index in [4.69, 9.17) is 9.92 Å². The summed E-state index contributed by atoms with van der Waals surface area (Å²) in [6, 6.07) is 0. The predicted octanol–water partition coefficient (Wildman–Crippen LogP) is 5.07. The minimum absolute atomic E-state index is 0. The molecule has 0 spiro atoms. The first-order valence-electron chi connectivity index (χ1n) is 10.8. The summed E-state index contributed by atoms with van der Waals surface area (Å²) < 4.78 is 28.1. The standard InChI is InChI=1S/C21H43NO3S.Na.H/c1-3-4-5-6-7-8-9-10-11-12-13-14-15-16-17-18-21(2)25-26(23,24)20-19-22;;/h10-11,21H,3-9,12-20,22H2,1-2H3;;/b11-10-;;. The monoisotopic (exact) mass is 413 g/mol. The third-order valence-electron chi connectivity index (χ3n) is 4.55. The maximum absolute atomic E-state index is 11.5. The van der Waals surface area contributed by atoms with Gasteiger partial charge in [0.25, 0.3) is 10.1 Å². The third-order valence-corrected chi connectivity index (χ3v) is 5.91. The van der Waals surface area contributed by atoms with Crippen molar-refractivity contribution >= 4 is 39.7 Å². The fourth-order valence-electron chi connectivity index (χ4n) is 2.99. The summed E-state index contributed by atoms with van der Waals surface area (Å²) in [5.74, 6) is -0.0935. The van der Waals surface area contributed by atoms with E-state index in [1.54, 1.807) is 0 Å². The molecule has 0 rings (SSSR count). The van der Waals surface area contributed by atoms with Gasteiger partial charge in [-0.2, -0.15) is 8.42 Å². The first-order valence-corrected chi connectivity index (χ1v) is 12.4. The van der Waals surface area contributed by atoms with Gasteiger partial charge >= 0.3 is 29.6 Å². The van der Waals surface area contributed by atoms with Crippen molar-refractivity contribution < 1.29 is 12.6 Å². The zero-order valence-electron chi connectivity index (χ0n) is 17.3. The summed E-state index contributed by atoms with van der Waals surface area (Å²) in [5.41, 5.74) is 5.26. The minimum atomic E-state index is -3.43. The molecule has 0 aliphatic carbocycles. The van der Waals surface area contributed by atoms with Crippen LogP contribution in [0, 0.1) is 0 Å². The van der Waals surface area contributed by atoms with Gasteiger partial charge in [0.2, 0.25) is 0 Å². The Labute approximate surface area is 191 Å². The zero-order valence-corrected chi connectivity index (χ0v) is 18.1. The average molecular weight is 414 g/mol. The third kappa shape index (κ3) is 22.8. The van der Waals surface area contributed by atoms with E-state index in [9.17, 15) is 8.42 Å². The number of rotatable bonds is 19. The van der Waals surface area contributed by atoms with Crippen LogP contribution in [0.5, 0.6) is 0 Å². The second-order valence-electron chi connectivity index (χ2n) is 7.33. The van der Waals surface area contributed by atoms with Crippen molar-refractivity contribution in [2.45, 2.75) is 110 Å². The molecule has 0 bridgehead atoms. The summed E-state index contributed by atoms with van der Waals surface area (Å²) in [4.78, 5) is 0. The molecular formula is C21H44NNaO3S. The molecule has 2 N–H and O–H groups in total. The van der Waals surface area contributed by atoms with Crippen molar-refractivity contribution in [1.82, 2.24) is 0 Å². The van der Waals surface area contributed by atoms with Crippen LogP contribution < -0.4 is 5.73 Å². The zero-order chi connectivity index (χ0) is 19.5. The van der Waals surface area contributed by atoms with Gasteiger partial charge in [-0.15, -0.1) is 0 Å². The van der Waals surface area contributed by atoms with Gasteiger partial charge in [0.05, 0.1) is 11.9 Å². The molecular weight excluding hydrogens is 369 g/mol. The van der Waals surface area contributed by atoms with Crippen LogP contribution in [0.4, 0.5) is 0 Å². The molecule has 0 aliphatic rings. The Morgan fingerprint density at radius 2 is 1.33 bits per heavy atom. The SMILES string of the molecule is CCCCCCCC/C=C\CCCCCCCC(C)OS(=O)(=O)CCN.[NaH]. The van der Waals surface area contributed by atoms with Crippen molar-refractivity contribution in [1.29, 1.82) is 0 Å². The van der Waals surface area contributed by atoms with E-state index < -0.39 is 10.1 Å². The first kappa shape index (κ1) is 29.8. The predicted molar refractivity (Wildman–Crippen MR) is 120 cm³/mol. The molecule has 0 fully saturated rings. The van der Waals surface area contributed by atoms with E-state index in [1.165, 1.54) is 70.6 Å². The van der Waals surface area contributed by atoms with Crippen molar-refractivity contribution in [3.05, 3.63) is 12.2 Å². The molecule has 0 aromatic heterocycles. The van der Waals surface area contributed by atoms with Crippen molar-refractivity contribution in [2.75, 3.05) is 12.3 Å². The molecule has 4 nitrogen and oxygen atoms in total. The van der Waals surface area contributed by atoms with Gasteiger partial charge in [-0.25, -0.2) is 0 Å². The molecule has 27 heavy (non-hydrogen) atoms. The normalized spacial score (nSPS) is 13.0. The maximum atomic E-state index is 11.5. The molecule has 0 aromatic carbocycles. The molecule has 0 saturated carbocycles. The number of allylic oxidation sites excluding steroid dienone is 2. The van der Waals surface area contributed by atoms with Gasteiger partial charge in [0, 0.05) is 6.54 Å². The summed E-state index contributed by atoms with van der Waals surface area (Å²) in [7, 11) is -3.43. The van der Waals surface area contributed by atoms with Gasteiger partial charge in [-0.05, 0) is 39.0 Å².